The highest BCUT2D eigenvalue weighted by atomic mass is 32.2. The molecule has 1 fully saturated rings. The minimum absolute atomic E-state index is 0.0680. The normalized spacial score (nSPS) is 15.5. The first-order valence-electron chi connectivity index (χ1n) is 8.90. The van der Waals surface area contributed by atoms with E-state index in [1.807, 2.05) is 20.8 Å². The lowest BCUT2D eigenvalue weighted by Crippen LogP contribution is -2.27. The summed E-state index contributed by atoms with van der Waals surface area (Å²) in [4.78, 5) is 17.9. The van der Waals surface area contributed by atoms with Crippen molar-refractivity contribution < 1.29 is 17.7 Å². The van der Waals surface area contributed by atoms with E-state index in [0.29, 0.717) is 31.1 Å². The summed E-state index contributed by atoms with van der Waals surface area (Å²) in [6.45, 7) is 6.73. The van der Waals surface area contributed by atoms with E-state index in [1.54, 1.807) is 17.0 Å². The average Bonchev–Trinajstić information content (AvgIpc) is 3.23. The van der Waals surface area contributed by atoms with Crippen LogP contribution in [-0.4, -0.2) is 37.6 Å². The van der Waals surface area contributed by atoms with Crippen LogP contribution in [0.25, 0.3) is 0 Å². The largest absolute Gasteiger partial charge is 0.339 e. The number of rotatable bonds is 6. The van der Waals surface area contributed by atoms with E-state index < -0.39 is 10.0 Å². The van der Waals surface area contributed by atoms with Crippen molar-refractivity contribution in [2.24, 2.45) is 0 Å². The molecule has 1 aromatic heterocycles. The molecule has 0 unspecified atom stereocenters. The van der Waals surface area contributed by atoms with Crippen molar-refractivity contribution in [3.05, 3.63) is 36.0 Å². The molecule has 0 saturated carbocycles. The van der Waals surface area contributed by atoms with Gasteiger partial charge in [-0.05, 0) is 30.7 Å². The molecule has 9 heteroatoms. The monoisotopic (exact) mass is 392 g/mol. The molecular weight excluding hydrogens is 368 g/mol. The van der Waals surface area contributed by atoms with Gasteiger partial charge in [-0.2, -0.15) is 4.98 Å². The Morgan fingerprint density at radius 1 is 1.22 bits per heavy atom. The molecule has 1 N–H and O–H groups in total. The van der Waals surface area contributed by atoms with Gasteiger partial charge >= 0.3 is 0 Å². The number of carbonyl (C=O) groups excluding carboxylic acids is 1. The summed E-state index contributed by atoms with van der Waals surface area (Å²) in [6, 6.07) is 6.34. The maximum atomic E-state index is 12.4. The summed E-state index contributed by atoms with van der Waals surface area (Å²) in [5.74, 6) is 1.05. The topological polar surface area (TPSA) is 105 Å². The highest BCUT2D eigenvalue weighted by Crippen LogP contribution is 2.23. The highest BCUT2D eigenvalue weighted by molar-refractivity contribution is 7.89. The van der Waals surface area contributed by atoms with Gasteiger partial charge < -0.3 is 9.42 Å². The number of nitrogens with zero attached hydrogens (tertiary/aromatic N) is 3. The summed E-state index contributed by atoms with van der Waals surface area (Å²) < 4.78 is 32.6. The molecule has 0 atom stereocenters. The van der Waals surface area contributed by atoms with Crippen molar-refractivity contribution in [2.45, 2.75) is 50.3 Å². The van der Waals surface area contributed by atoms with Crippen LogP contribution in [0.1, 0.15) is 45.3 Å². The second-order valence-corrected chi connectivity index (χ2v) is 9.32. The van der Waals surface area contributed by atoms with Gasteiger partial charge in [-0.1, -0.05) is 25.9 Å². The Labute approximate surface area is 159 Å². The third-order valence-corrected chi connectivity index (χ3v) is 5.76. The summed E-state index contributed by atoms with van der Waals surface area (Å²) in [6.07, 6.45) is 1.70. The van der Waals surface area contributed by atoms with Crippen LogP contribution >= 0.6 is 0 Å². The van der Waals surface area contributed by atoms with Gasteiger partial charge in [0, 0.05) is 37.0 Å². The number of nitrogens with one attached hydrogen (secondary N) is 1. The minimum atomic E-state index is -3.65. The summed E-state index contributed by atoms with van der Waals surface area (Å²) >= 11 is 0. The van der Waals surface area contributed by atoms with Crippen LogP contribution in [-0.2, 0) is 26.7 Å². The standard InChI is InChI=1S/C18H24N4O4S/c1-18(2,3)17-20-15(21-26-17)10-11-19-27(24,25)14-8-6-13(7-9-14)22-12-4-5-16(22)23/h6-9,19H,4-5,10-12H2,1-3H3. The van der Waals surface area contributed by atoms with Crippen LogP contribution in [0.2, 0.25) is 0 Å². The first kappa shape index (κ1) is 19.5. The van der Waals surface area contributed by atoms with E-state index >= 15 is 0 Å². The van der Waals surface area contributed by atoms with Crippen molar-refractivity contribution >= 4 is 21.6 Å². The van der Waals surface area contributed by atoms with E-state index in [2.05, 4.69) is 14.9 Å². The number of anilines is 1. The number of amides is 1. The first-order chi connectivity index (χ1) is 12.7. The predicted molar refractivity (Wildman–Crippen MR) is 99.9 cm³/mol. The Bertz CT molecular complexity index is 914. The number of benzene rings is 1. The fourth-order valence-electron chi connectivity index (χ4n) is 2.77. The Morgan fingerprint density at radius 3 is 2.48 bits per heavy atom. The van der Waals surface area contributed by atoms with Gasteiger partial charge in [0.2, 0.25) is 21.8 Å². The molecule has 8 nitrogen and oxygen atoms in total. The van der Waals surface area contributed by atoms with E-state index in [-0.39, 0.29) is 22.8 Å². The molecule has 1 aromatic carbocycles. The smallest absolute Gasteiger partial charge is 0.240 e. The molecular formula is C18H24N4O4S. The van der Waals surface area contributed by atoms with Crippen molar-refractivity contribution in [3.8, 4) is 0 Å². The van der Waals surface area contributed by atoms with Crippen LogP contribution in [0.3, 0.4) is 0 Å². The number of aromatic nitrogens is 2. The van der Waals surface area contributed by atoms with Gasteiger partial charge in [0.1, 0.15) is 0 Å². The fraction of sp³-hybridized carbons (Fsp3) is 0.500. The van der Waals surface area contributed by atoms with Crippen LogP contribution in [0.15, 0.2) is 33.7 Å². The number of carbonyl (C=O) groups is 1. The van der Waals surface area contributed by atoms with Crippen LogP contribution in [0.5, 0.6) is 0 Å². The molecule has 1 aliphatic heterocycles. The van der Waals surface area contributed by atoms with Gasteiger partial charge in [0.05, 0.1) is 4.90 Å². The SMILES string of the molecule is CC(C)(C)c1nc(CCNS(=O)(=O)c2ccc(N3CCCC3=O)cc2)no1. The number of sulfonamides is 1. The molecule has 0 radical (unpaired) electrons. The van der Waals surface area contributed by atoms with Crippen molar-refractivity contribution in [1.29, 1.82) is 0 Å². The maximum absolute atomic E-state index is 12.4. The lowest BCUT2D eigenvalue weighted by atomic mass is 9.97. The predicted octanol–water partition coefficient (Wildman–Crippen LogP) is 2.01. The Balaban J connectivity index is 1.59. The van der Waals surface area contributed by atoms with Crippen LogP contribution < -0.4 is 9.62 Å². The van der Waals surface area contributed by atoms with Crippen molar-refractivity contribution in [3.63, 3.8) is 0 Å². The molecule has 27 heavy (non-hydrogen) atoms. The molecule has 2 aromatic rings. The number of hydrogen-bond donors (Lipinski definition) is 1. The van der Waals surface area contributed by atoms with Crippen LogP contribution in [0, 0.1) is 0 Å². The zero-order valence-corrected chi connectivity index (χ0v) is 16.5. The second-order valence-electron chi connectivity index (χ2n) is 7.56. The van der Waals surface area contributed by atoms with Crippen LogP contribution in [0.4, 0.5) is 5.69 Å². The summed E-state index contributed by atoms with van der Waals surface area (Å²) in [5.41, 5.74) is 0.474. The zero-order valence-electron chi connectivity index (χ0n) is 15.7. The zero-order chi connectivity index (χ0) is 19.7. The van der Waals surface area contributed by atoms with E-state index in [1.165, 1.54) is 12.1 Å². The molecule has 1 aliphatic rings. The van der Waals surface area contributed by atoms with Gasteiger partial charge in [-0.15, -0.1) is 0 Å². The Morgan fingerprint density at radius 2 is 1.93 bits per heavy atom. The van der Waals surface area contributed by atoms with Gasteiger partial charge in [-0.3, -0.25) is 4.79 Å². The highest BCUT2D eigenvalue weighted by Gasteiger charge is 2.23. The third kappa shape index (κ3) is 4.54. The fourth-order valence-corrected chi connectivity index (χ4v) is 3.80. The van der Waals surface area contributed by atoms with Crippen molar-refractivity contribution in [2.75, 3.05) is 18.0 Å². The molecule has 0 bridgehead atoms. The van der Waals surface area contributed by atoms with Gasteiger partial charge in [-0.25, -0.2) is 13.1 Å². The van der Waals surface area contributed by atoms with E-state index in [9.17, 15) is 13.2 Å². The summed E-state index contributed by atoms with van der Waals surface area (Å²) in [5, 5.41) is 3.88. The molecule has 0 aliphatic carbocycles. The van der Waals surface area contributed by atoms with E-state index in [0.717, 1.165) is 12.1 Å². The Hall–Kier alpha value is -2.26. The molecule has 1 amide bonds. The molecule has 146 valence electrons. The second kappa shape index (κ2) is 7.40. The lowest BCUT2D eigenvalue weighted by molar-refractivity contribution is -0.117. The first-order valence-corrected chi connectivity index (χ1v) is 10.4. The molecule has 0 spiro atoms. The molecule has 3 rings (SSSR count). The minimum Gasteiger partial charge on any atom is -0.339 e. The molecule has 1 saturated heterocycles. The Kier molecular flexibility index (Phi) is 5.34. The quantitative estimate of drug-likeness (QED) is 0.806. The maximum Gasteiger partial charge on any atom is 0.240 e. The summed E-state index contributed by atoms with van der Waals surface area (Å²) in [7, 11) is -3.65. The molecule has 2 heterocycles. The lowest BCUT2D eigenvalue weighted by Gasteiger charge is -2.16. The van der Waals surface area contributed by atoms with Gasteiger partial charge in [0.15, 0.2) is 5.82 Å². The average molecular weight is 392 g/mol. The van der Waals surface area contributed by atoms with Crippen molar-refractivity contribution in [1.82, 2.24) is 14.9 Å². The van der Waals surface area contributed by atoms with Gasteiger partial charge in [0.25, 0.3) is 0 Å². The van der Waals surface area contributed by atoms with E-state index in [4.69, 9.17) is 4.52 Å². The third-order valence-electron chi connectivity index (χ3n) is 4.28. The number of hydrogen-bond acceptors (Lipinski definition) is 6.